The summed E-state index contributed by atoms with van der Waals surface area (Å²) in [5.41, 5.74) is 0.303. The summed E-state index contributed by atoms with van der Waals surface area (Å²) >= 11 is 7.44. The van der Waals surface area contributed by atoms with Crippen LogP contribution in [0.15, 0.2) is 53.7 Å². The van der Waals surface area contributed by atoms with Crippen molar-refractivity contribution in [2.75, 3.05) is 5.75 Å². The molecule has 146 valence electrons. The Labute approximate surface area is 171 Å². The molecule has 1 aromatic heterocycles. The first-order chi connectivity index (χ1) is 13.3. The van der Waals surface area contributed by atoms with Crippen molar-refractivity contribution >= 4 is 29.3 Å². The fourth-order valence-electron chi connectivity index (χ4n) is 2.53. The largest absolute Gasteiger partial charge is 0.459 e. The highest BCUT2D eigenvalue weighted by atomic mass is 35.5. The zero-order valence-corrected chi connectivity index (χ0v) is 17.2. The van der Waals surface area contributed by atoms with Crippen molar-refractivity contribution in [3.8, 4) is 17.1 Å². The molecule has 0 N–H and O–H groups in total. The van der Waals surface area contributed by atoms with Gasteiger partial charge in [-0.3, -0.25) is 9.36 Å². The molecule has 0 aliphatic heterocycles. The van der Waals surface area contributed by atoms with Crippen LogP contribution in [0.2, 0.25) is 5.02 Å². The van der Waals surface area contributed by atoms with Crippen LogP contribution < -0.4 is 0 Å². The predicted molar refractivity (Wildman–Crippen MR) is 108 cm³/mol. The number of aromatic nitrogens is 3. The third-order valence-corrected chi connectivity index (χ3v) is 4.81. The monoisotopic (exact) mass is 419 g/mol. The minimum Gasteiger partial charge on any atom is -0.459 e. The van der Waals surface area contributed by atoms with Gasteiger partial charge in [-0.15, -0.1) is 10.2 Å². The first-order valence-electron chi connectivity index (χ1n) is 8.56. The van der Waals surface area contributed by atoms with Crippen LogP contribution in [-0.2, 0) is 9.53 Å². The first-order valence-corrected chi connectivity index (χ1v) is 9.92. The Morgan fingerprint density at radius 3 is 2.50 bits per heavy atom. The molecule has 0 radical (unpaired) electrons. The molecule has 8 heteroatoms. The number of para-hydroxylation sites is 1. The molecule has 0 unspecified atom stereocenters. The van der Waals surface area contributed by atoms with Gasteiger partial charge in [0.25, 0.3) is 0 Å². The van der Waals surface area contributed by atoms with E-state index in [2.05, 4.69) is 10.2 Å². The van der Waals surface area contributed by atoms with E-state index >= 15 is 0 Å². The van der Waals surface area contributed by atoms with Crippen molar-refractivity contribution in [2.24, 2.45) is 0 Å². The smallest absolute Gasteiger partial charge is 0.316 e. The molecule has 0 aliphatic rings. The van der Waals surface area contributed by atoms with Crippen molar-refractivity contribution in [3.63, 3.8) is 0 Å². The Morgan fingerprint density at radius 2 is 1.82 bits per heavy atom. The summed E-state index contributed by atoms with van der Waals surface area (Å²) in [6.07, 6.45) is 0. The maximum atomic E-state index is 14.5. The van der Waals surface area contributed by atoms with E-state index in [4.69, 9.17) is 16.3 Å². The summed E-state index contributed by atoms with van der Waals surface area (Å²) in [6, 6.07) is 13.4. The second kappa shape index (κ2) is 8.32. The maximum Gasteiger partial charge on any atom is 0.316 e. The van der Waals surface area contributed by atoms with E-state index in [0.29, 0.717) is 21.6 Å². The van der Waals surface area contributed by atoms with Gasteiger partial charge in [0.2, 0.25) is 0 Å². The average molecular weight is 420 g/mol. The van der Waals surface area contributed by atoms with Crippen LogP contribution in [0.4, 0.5) is 4.39 Å². The highest BCUT2D eigenvalue weighted by Gasteiger charge is 2.22. The lowest BCUT2D eigenvalue weighted by molar-refractivity contribution is -0.151. The molecule has 3 rings (SSSR count). The molecule has 0 amide bonds. The number of carbonyl (C=O) groups excluding carboxylic acids is 1. The summed E-state index contributed by atoms with van der Waals surface area (Å²) in [5.74, 6) is -0.413. The van der Waals surface area contributed by atoms with Crippen LogP contribution >= 0.6 is 23.4 Å². The number of nitrogens with zero attached hydrogens (tertiary/aromatic N) is 3. The first kappa shape index (κ1) is 20.4. The highest BCUT2D eigenvalue weighted by molar-refractivity contribution is 7.99. The number of halogens is 2. The predicted octanol–water partition coefficient (Wildman–Crippen LogP) is 5.16. The second-order valence-corrected chi connectivity index (χ2v) is 8.30. The maximum absolute atomic E-state index is 14.5. The number of ether oxygens (including phenoxy) is 1. The van der Waals surface area contributed by atoms with E-state index in [1.165, 1.54) is 6.07 Å². The van der Waals surface area contributed by atoms with Gasteiger partial charge in [-0.25, -0.2) is 4.39 Å². The minimum absolute atomic E-state index is 0.0202. The van der Waals surface area contributed by atoms with E-state index in [1.54, 1.807) is 61.7 Å². The van der Waals surface area contributed by atoms with Gasteiger partial charge in [0.15, 0.2) is 11.0 Å². The average Bonchev–Trinajstić information content (AvgIpc) is 3.03. The molecule has 0 atom stereocenters. The Balaban J connectivity index is 2.01. The van der Waals surface area contributed by atoms with Gasteiger partial charge in [-0.05, 0) is 45.0 Å². The van der Waals surface area contributed by atoms with Gasteiger partial charge in [-0.2, -0.15) is 0 Å². The second-order valence-electron chi connectivity index (χ2n) is 6.95. The fourth-order valence-corrected chi connectivity index (χ4v) is 3.46. The summed E-state index contributed by atoms with van der Waals surface area (Å²) in [7, 11) is 0. The quantitative estimate of drug-likeness (QED) is 0.422. The van der Waals surface area contributed by atoms with E-state index in [-0.39, 0.29) is 17.4 Å². The molecular formula is C20H19ClFN3O2S. The van der Waals surface area contributed by atoms with Crippen molar-refractivity contribution in [3.05, 3.63) is 59.4 Å². The zero-order valence-electron chi connectivity index (χ0n) is 15.6. The third kappa shape index (κ3) is 4.72. The third-order valence-electron chi connectivity index (χ3n) is 3.58. The SMILES string of the molecule is CC(C)(C)OC(=O)CSc1nnc(-c2ccccc2Cl)n1-c1ccccc1F. The molecule has 5 nitrogen and oxygen atoms in total. The Hall–Kier alpha value is -2.38. The minimum atomic E-state index is -0.584. The van der Waals surface area contributed by atoms with Gasteiger partial charge < -0.3 is 4.74 Å². The summed E-state index contributed by atoms with van der Waals surface area (Å²) in [6.45, 7) is 5.40. The molecular weight excluding hydrogens is 401 g/mol. The van der Waals surface area contributed by atoms with Crippen molar-refractivity contribution in [1.82, 2.24) is 14.8 Å². The van der Waals surface area contributed by atoms with Crippen LogP contribution in [-0.4, -0.2) is 32.1 Å². The molecule has 0 saturated carbocycles. The Bertz CT molecular complexity index is 1000. The lowest BCUT2D eigenvalue weighted by Crippen LogP contribution is -2.25. The number of hydrogen-bond donors (Lipinski definition) is 0. The van der Waals surface area contributed by atoms with Crippen molar-refractivity contribution in [2.45, 2.75) is 31.5 Å². The van der Waals surface area contributed by atoms with Crippen LogP contribution in [0, 0.1) is 5.82 Å². The van der Waals surface area contributed by atoms with Crippen molar-refractivity contribution < 1.29 is 13.9 Å². The topological polar surface area (TPSA) is 57.0 Å². The van der Waals surface area contributed by atoms with Crippen LogP contribution in [0.5, 0.6) is 0 Å². The Kier molecular flexibility index (Phi) is 6.05. The van der Waals surface area contributed by atoms with Crippen LogP contribution in [0.1, 0.15) is 20.8 Å². The zero-order chi connectivity index (χ0) is 20.3. The molecule has 0 aliphatic carbocycles. The Morgan fingerprint density at radius 1 is 1.14 bits per heavy atom. The van der Waals surface area contributed by atoms with Gasteiger partial charge in [-0.1, -0.05) is 47.6 Å². The van der Waals surface area contributed by atoms with E-state index in [1.807, 2.05) is 6.07 Å². The van der Waals surface area contributed by atoms with Gasteiger partial charge in [0.05, 0.1) is 16.5 Å². The number of thioether (sulfide) groups is 1. The molecule has 1 heterocycles. The van der Waals surface area contributed by atoms with Gasteiger partial charge in [0.1, 0.15) is 11.4 Å². The van der Waals surface area contributed by atoms with Gasteiger partial charge in [0, 0.05) is 5.56 Å². The molecule has 2 aromatic carbocycles. The molecule has 0 saturated heterocycles. The fraction of sp³-hybridized carbons (Fsp3) is 0.250. The standard InChI is InChI=1S/C20H19ClFN3O2S/c1-20(2,3)27-17(26)12-28-19-24-23-18(13-8-4-5-9-14(13)21)25(19)16-11-7-6-10-15(16)22/h4-11H,12H2,1-3H3. The lowest BCUT2D eigenvalue weighted by Gasteiger charge is -2.19. The normalized spacial score (nSPS) is 11.5. The van der Waals surface area contributed by atoms with Crippen LogP contribution in [0.25, 0.3) is 17.1 Å². The molecule has 28 heavy (non-hydrogen) atoms. The molecule has 0 bridgehead atoms. The number of carbonyl (C=O) groups is 1. The summed E-state index contributed by atoms with van der Waals surface area (Å²) in [4.78, 5) is 12.1. The van der Waals surface area contributed by atoms with Crippen molar-refractivity contribution in [1.29, 1.82) is 0 Å². The summed E-state index contributed by atoms with van der Waals surface area (Å²) in [5, 5.41) is 9.20. The summed E-state index contributed by atoms with van der Waals surface area (Å²) < 4.78 is 21.4. The number of hydrogen-bond acceptors (Lipinski definition) is 5. The highest BCUT2D eigenvalue weighted by Crippen LogP contribution is 2.32. The van der Waals surface area contributed by atoms with Crippen LogP contribution in [0.3, 0.4) is 0 Å². The number of rotatable bonds is 5. The number of esters is 1. The molecule has 0 spiro atoms. The van der Waals surface area contributed by atoms with E-state index in [0.717, 1.165) is 11.8 Å². The lowest BCUT2D eigenvalue weighted by atomic mass is 10.2. The number of benzene rings is 2. The van der Waals surface area contributed by atoms with E-state index in [9.17, 15) is 9.18 Å². The van der Waals surface area contributed by atoms with Gasteiger partial charge >= 0.3 is 5.97 Å². The molecule has 3 aromatic rings. The van der Waals surface area contributed by atoms with E-state index < -0.39 is 11.4 Å². The molecule has 0 fully saturated rings.